The predicted octanol–water partition coefficient (Wildman–Crippen LogP) is 3.92. The SMILES string of the molecule is CCCCCC(C)(C)CNc1nccn(CC(C)C)c1=O. The maximum absolute atomic E-state index is 12.3. The van der Waals surface area contributed by atoms with Crippen LogP contribution in [0.15, 0.2) is 17.2 Å². The second kappa shape index (κ2) is 8.20. The van der Waals surface area contributed by atoms with Gasteiger partial charge in [0.2, 0.25) is 0 Å². The molecule has 0 spiro atoms. The molecule has 4 nitrogen and oxygen atoms in total. The summed E-state index contributed by atoms with van der Waals surface area (Å²) in [4.78, 5) is 16.5. The molecule has 1 aromatic rings. The predicted molar refractivity (Wildman–Crippen MR) is 89.7 cm³/mol. The molecular weight excluding hydrogens is 262 g/mol. The Morgan fingerprint density at radius 2 is 2.05 bits per heavy atom. The highest BCUT2D eigenvalue weighted by Gasteiger charge is 2.18. The minimum atomic E-state index is -0.0180. The summed E-state index contributed by atoms with van der Waals surface area (Å²) in [6.45, 7) is 12.4. The van der Waals surface area contributed by atoms with Crippen LogP contribution in [-0.4, -0.2) is 16.1 Å². The van der Waals surface area contributed by atoms with Crippen molar-refractivity contribution in [1.82, 2.24) is 9.55 Å². The van der Waals surface area contributed by atoms with Crippen molar-refractivity contribution in [3.63, 3.8) is 0 Å². The number of anilines is 1. The Labute approximate surface area is 129 Å². The molecule has 0 bridgehead atoms. The topological polar surface area (TPSA) is 46.9 Å². The van der Waals surface area contributed by atoms with Crippen LogP contribution in [0.2, 0.25) is 0 Å². The van der Waals surface area contributed by atoms with Gasteiger partial charge in [-0.05, 0) is 17.8 Å². The first-order chi connectivity index (χ1) is 9.85. The van der Waals surface area contributed by atoms with Crippen LogP contribution in [0.5, 0.6) is 0 Å². The van der Waals surface area contributed by atoms with Gasteiger partial charge in [-0.25, -0.2) is 4.98 Å². The van der Waals surface area contributed by atoms with E-state index >= 15 is 0 Å². The number of nitrogens with zero attached hydrogens (tertiary/aromatic N) is 2. The molecule has 0 saturated carbocycles. The van der Waals surface area contributed by atoms with Crippen molar-refractivity contribution in [1.29, 1.82) is 0 Å². The lowest BCUT2D eigenvalue weighted by atomic mass is 9.87. The Morgan fingerprint density at radius 3 is 2.67 bits per heavy atom. The third-order valence-corrected chi connectivity index (χ3v) is 3.67. The molecule has 0 atom stereocenters. The van der Waals surface area contributed by atoms with Crippen molar-refractivity contribution in [3.05, 3.63) is 22.7 Å². The molecule has 1 N–H and O–H groups in total. The van der Waals surface area contributed by atoms with Crippen molar-refractivity contribution in [2.24, 2.45) is 11.3 Å². The van der Waals surface area contributed by atoms with Gasteiger partial charge in [0.15, 0.2) is 5.82 Å². The van der Waals surface area contributed by atoms with Crippen LogP contribution in [0.1, 0.15) is 60.3 Å². The molecule has 120 valence electrons. The van der Waals surface area contributed by atoms with Crippen molar-refractivity contribution in [2.75, 3.05) is 11.9 Å². The van der Waals surface area contributed by atoms with Crippen LogP contribution in [0.25, 0.3) is 0 Å². The van der Waals surface area contributed by atoms with Gasteiger partial charge in [0.1, 0.15) is 0 Å². The molecule has 1 rings (SSSR count). The van der Waals surface area contributed by atoms with Crippen LogP contribution in [0, 0.1) is 11.3 Å². The van der Waals surface area contributed by atoms with Gasteiger partial charge in [-0.1, -0.05) is 53.9 Å². The van der Waals surface area contributed by atoms with Crippen LogP contribution in [-0.2, 0) is 6.54 Å². The largest absolute Gasteiger partial charge is 0.365 e. The number of rotatable bonds is 9. The van der Waals surface area contributed by atoms with E-state index < -0.39 is 0 Å². The fourth-order valence-electron chi connectivity index (χ4n) is 2.37. The molecule has 0 aliphatic heterocycles. The first-order valence-electron chi connectivity index (χ1n) is 8.15. The second-order valence-corrected chi connectivity index (χ2v) is 7.10. The van der Waals surface area contributed by atoms with Crippen molar-refractivity contribution in [2.45, 2.75) is 66.8 Å². The van der Waals surface area contributed by atoms with E-state index in [4.69, 9.17) is 0 Å². The highest BCUT2D eigenvalue weighted by molar-refractivity contribution is 5.31. The Hall–Kier alpha value is -1.32. The van der Waals surface area contributed by atoms with Gasteiger partial charge in [0, 0.05) is 25.5 Å². The van der Waals surface area contributed by atoms with E-state index in [2.05, 4.69) is 44.9 Å². The lowest BCUT2D eigenvalue weighted by molar-refractivity contribution is 0.342. The molecule has 1 heterocycles. The Morgan fingerprint density at radius 1 is 1.33 bits per heavy atom. The summed E-state index contributed by atoms with van der Waals surface area (Å²) in [5, 5.41) is 3.25. The fourth-order valence-corrected chi connectivity index (χ4v) is 2.37. The molecule has 0 unspecified atom stereocenters. The lowest BCUT2D eigenvalue weighted by Gasteiger charge is -2.25. The molecule has 0 amide bonds. The molecule has 0 aliphatic rings. The zero-order chi connectivity index (χ0) is 15.9. The van der Waals surface area contributed by atoms with Gasteiger partial charge < -0.3 is 9.88 Å². The Bertz CT molecular complexity index is 477. The van der Waals surface area contributed by atoms with E-state index in [0.717, 1.165) is 13.1 Å². The second-order valence-electron chi connectivity index (χ2n) is 7.10. The normalized spacial score (nSPS) is 11.9. The van der Waals surface area contributed by atoms with E-state index in [0.29, 0.717) is 11.7 Å². The first kappa shape index (κ1) is 17.7. The summed E-state index contributed by atoms with van der Waals surface area (Å²) in [5.41, 5.74) is 0.165. The highest BCUT2D eigenvalue weighted by Crippen LogP contribution is 2.23. The van der Waals surface area contributed by atoms with Gasteiger partial charge >= 0.3 is 0 Å². The molecular formula is C17H31N3O. The Kier molecular flexibility index (Phi) is 6.93. The van der Waals surface area contributed by atoms with E-state index in [9.17, 15) is 4.79 Å². The molecule has 21 heavy (non-hydrogen) atoms. The number of aromatic nitrogens is 2. The molecule has 0 saturated heterocycles. The van der Waals surface area contributed by atoms with E-state index in [-0.39, 0.29) is 11.0 Å². The summed E-state index contributed by atoms with van der Waals surface area (Å²) in [6.07, 6.45) is 8.39. The maximum Gasteiger partial charge on any atom is 0.293 e. The van der Waals surface area contributed by atoms with E-state index in [1.165, 1.54) is 25.7 Å². The summed E-state index contributed by atoms with van der Waals surface area (Å²) in [6, 6.07) is 0. The number of hydrogen-bond donors (Lipinski definition) is 1. The quantitative estimate of drug-likeness (QED) is 0.702. The van der Waals surface area contributed by atoms with E-state index in [1.54, 1.807) is 17.0 Å². The van der Waals surface area contributed by atoms with Crippen LogP contribution in [0.3, 0.4) is 0 Å². The fraction of sp³-hybridized carbons (Fsp3) is 0.765. The van der Waals surface area contributed by atoms with Crippen molar-refractivity contribution in [3.8, 4) is 0 Å². The average Bonchev–Trinajstić information content (AvgIpc) is 2.39. The molecule has 1 aromatic heterocycles. The molecule has 4 heteroatoms. The standard InChI is InChI=1S/C17H31N3O/c1-6-7-8-9-17(4,5)13-19-15-16(21)20(11-10-18-15)12-14(2)3/h10-11,14H,6-9,12-13H2,1-5H3,(H,18,19). The number of unbranched alkanes of at least 4 members (excludes halogenated alkanes) is 2. The smallest absolute Gasteiger partial charge is 0.293 e. The number of nitrogens with one attached hydrogen (secondary N) is 1. The van der Waals surface area contributed by atoms with Crippen LogP contribution in [0.4, 0.5) is 5.82 Å². The average molecular weight is 293 g/mol. The van der Waals surface area contributed by atoms with E-state index in [1.807, 2.05) is 0 Å². The summed E-state index contributed by atoms with van der Waals surface area (Å²) in [5.74, 6) is 0.921. The summed E-state index contributed by atoms with van der Waals surface area (Å²) in [7, 11) is 0. The zero-order valence-electron chi connectivity index (χ0n) is 14.3. The zero-order valence-corrected chi connectivity index (χ0v) is 14.3. The highest BCUT2D eigenvalue weighted by atomic mass is 16.1. The van der Waals surface area contributed by atoms with Gasteiger partial charge in [0.05, 0.1) is 0 Å². The van der Waals surface area contributed by atoms with Crippen molar-refractivity contribution < 1.29 is 0 Å². The van der Waals surface area contributed by atoms with Gasteiger partial charge in [-0.3, -0.25) is 4.79 Å². The monoisotopic (exact) mass is 293 g/mol. The molecule has 0 fully saturated rings. The summed E-state index contributed by atoms with van der Waals surface area (Å²) >= 11 is 0. The molecule has 0 aliphatic carbocycles. The van der Waals surface area contributed by atoms with Crippen LogP contribution >= 0.6 is 0 Å². The van der Waals surface area contributed by atoms with Gasteiger partial charge in [-0.15, -0.1) is 0 Å². The maximum atomic E-state index is 12.3. The molecule has 0 aromatic carbocycles. The van der Waals surface area contributed by atoms with Crippen molar-refractivity contribution >= 4 is 5.82 Å². The third kappa shape index (κ3) is 6.32. The number of hydrogen-bond acceptors (Lipinski definition) is 3. The van der Waals surface area contributed by atoms with Crippen LogP contribution < -0.4 is 10.9 Å². The molecule has 0 radical (unpaired) electrons. The summed E-state index contributed by atoms with van der Waals surface area (Å²) < 4.78 is 1.74. The third-order valence-electron chi connectivity index (χ3n) is 3.67. The Balaban J connectivity index is 2.65. The van der Waals surface area contributed by atoms with Gasteiger partial charge in [-0.2, -0.15) is 0 Å². The minimum absolute atomic E-state index is 0.0180. The van der Waals surface area contributed by atoms with Gasteiger partial charge in [0.25, 0.3) is 5.56 Å². The minimum Gasteiger partial charge on any atom is -0.365 e. The lowest BCUT2D eigenvalue weighted by Crippen LogP contribution is -2.30. The first-order valence-corrected chi connectivity index (χ1v) is 8.15.